The summed E-state index contributed by atoms with van der Waals surface area (Å²) in [6.07, 6.45) is 10.2. The van der Waals surface area contributed by atoms with E-state index in [1.165, 1.54) is 11.8 Å². The quantitative estimate of drug-likeness (QED) is 0.436. The lowest BCUT2D eigenvalue weighted by atomic mass is 9.88. The molecule has 0 bridgehead atoms. The number of nitrogens with two attached hydrogens (primary N) is 1. The van der Waals surface area contributed by atoms with Gasteiger partial charge in [-0.2, -0.15) is 0 Å². The molecule has 3 amide bonds. The molecule has 2 rings (SSSR count). The number of allylic oxidation sites excluding steroid dienone is 3. The summed E-state index contributed by atoms with van der Waals surface area (Å²) < 4.78 is 0. The summed E-state index contributed by atoms with van der Waals surface area (Å²) in [4.78, 5) is 38.7. The number of rotatable bonds is 7. The second-order valence-electron chi connectivity index (χ2n) is 7.73. The van der Waals surface area contributed by atoms with E-state index in [2.05, 4.69) is 27.4 Å². The third-order valence-electron chi connectivity index (χ3n) is 5.16. The number of thioether (sulfide) groups is 1. The molecule has 0 aromatic heterocycles. The SMILES string of the molecule is CC(=O)NCN(C)C(=O)[C@@H](C/C1=C/SC/C=C\C=C/C1)NC(=O)C1(N)CCNCC1. The molecular formula is C21H33N5O3S. The van der Waals surface area contributed by atoms with E-state index in [4.69, 9.17) is 5.73 Å². The maximum absolute atomic E-state index is 13.1. The third kappa shape index (κ3) is 7.62. The van der Waals surface area contributed by atoms with E-state index in [1.54, 1.807) is 18.8 Å². The van der Waals surface area contributed by atoms with E-state index in [-0.39, 0.29) is 24.4 Å². The van der Waals surface area contributed by atoms with E-state index in [0.29, 0.717) is 38.8 Å². The molecule has 1 fully saturated rings. The van der Waals surface area contributed by atoms with Crippen molar-refractivity contribution in [1.29, 1.82) is 0 Å². The molecule has 1 atom stereocenters. The second-order valence-corrected chi connectivity index (χ2v) is 8.64. The first-order valence-electron chi connectivity index (χ1n) is 10.2. The zero-order chi connectivity index (χ0) is 22.0. The highest BCUT2D eigenvalue weighted by Gasteiger charge is 2.38. The molecule has 9 heteroatoms. The van der Waals surface area contributed by atoms with Crippen LogP contribution in [-0.4, -0.2) is 66.8 Å². The largest absolute Gasteiger partial charge is 0.342 e. The molecule has 0 radical (unpaired) electrons. The minimum Gasteiger partial charge on any atom is -0.342 e. The van der Waals surface area contributed by atoms with Crippen LogP contribution in [-0.2, 0) is 14.4 Å². The number of piperidine rings is 1. The Kier molecular flexibility index (Phi) is 9.61. The summed E-state index contributed by atoms with van der Waals surface area (Å²) in [5, 5.41) is 10.8. The van der Waals surface area contributed by atoms with Crippen molar-refractivity contribution in [2.45, 2.75) is 44.2 Å². The number of hydrogen-bond donors (Lipinski definition) is 4. The van der Waals surface area contributed by atoms with Gasteiger partial charge >= 0.3 is 0 Å². The van der Waals surface area contributed by atoms with Crippen LogP contribution in [0.25, 0.3) is 0 Å². The Bertz CT molecular complexity index is 713. The molecule has 5 N–H and O–H groups in total. The van der Waals surface area contributed by atoms with Crippen molar-refractivity contribution >= 4 is 29.5 Å². The van der Waals surface area contributed by atoms with Crippen LogP contribution in [0.3, 0.4) is 0 Å². The molecule has 0 aromatic carbocycles. The van der Waals surface area contributed by atoms with Crippen LogP contribution >= 0.6 is 11.8 Å². The third-order valence-corrected chi connectivity index (χ3v) is 6.05. The Morgan fingerprint density at radius 1 is 1.27 bits per heavy atom. The maximum atomic E-state index is 13.1. The van der Waals surface area contributed by atoms with Gasteiger partial charge in [-0.05, 0) is 44.2 Å². The summed E-state index contributed by atoms with van der Waals surface area (Å²) >= 11 is 1.66. The molecule has 0 unspecified atom stereocenters. The Hall–Kier alpha value is -2.10. The van der Waals surface area contributed by atoms with Crippen molar-refractivity contribution in [2.24, 2.45) is 5.73 Å². The Balaban J connectivity index is 2.14. The van der Waals surface area contributed by atoms with E-state index in [0.717, 1.165) is 11.3 Å². The molecule has 2 aliphatic rings. The lowest BCUT2D eigenvalue weighted by Crippen LogP contribution is -2.62. The van der Waals surface area contributed by atoms with Gasteiger partial charge in [-0.3, -0.25) is 14.4 Å². The van der Waals surface area contributed by atoms with Crippen LogP contribution in [0.2, 0.25) is 0 Å². The second kappa shape index (κ2) is 11.9. The standard InChI is InChI=1S/C21H33N5O3S/c1-16(27)24-15-26(2)19(28)18(13-17-7-5-3-4-6-12-30-14-17)25-20(29)21(22)8-10-23-11-9-21/h3-6,14,18,23H,7-13,15,22H2,1-2H3,(H,24,27)(H,25,29)/b5-3-,6-4-,17-14+/t18-/m1/s1. The fraction of sp³-hybridized carbons (Fsp3) is 0.571. The van der Waals surface area contributed by atoms with Gasteiger partial charge in [0.05, 0.1) is 12.2 Å². The molecule has 0 saturated carbocycles. The highest BCUT2D eigenvalue weighted by atomic mass is 32.2. The van der Waals surface area contributed by atoms with E-state index in [1.807, 2.05) is 18.2 Å². The monoisotopic (exact) mass is 435 g/mol. The van der Waals surface area contributed by atoms with Crippen molar-refractivity contribution in [1.82, 2.24) is 20.9 Å². The highest BCUT2D eigenvalue weighted by molar-refractivity contribution is 8.02. The fourth-order valence-electron chi connectivity index (χ4n) is 3.27. The van der Waals surface area contributed by atoms with Gasteiger partial charge in [0.15, 0.2) is 0 Å². The molecule has 2 aliphatic heterocycles. The van der Waals surface area contributed by atoms with Gasteiger partial charge < -0.3 is 26.6 Å². The van der Waals surface area contributed by atoms with Crippen molar-refractivity contribution in [3.8, 4) is 0 Å². The van der Waals surface area contributed by atoms with Crippen LogP contribution in [0, 0.1) is 0 Å². The molecule has 0 spiro atoms. The zero-order valence-corrected chi connectivity index (χ0v) is 18.6. The van der Waals surface area contributed by atoms with Crippen LogP contribution in [0.4, 0.5) is 0 Å². The van der Waals surface area contributed by atoms with Gasteiger partial charge in [-0.25, -0.2) is 0 Å². The predicted molar refractivity (Wildman–Crippen MR) is 120 cm³/mol. The fourth-order valence-corrected chi connectivity index (χ4v) is 4.02. The van der Waals surface area contributed by atoms with Crippen LogP contribution in [0.5, 0.6) is 0 Å². The van der Waals surface area contributed by atoms with Crippen molar-refractivity contribution in [3.63, 3.8) is 0 Å². The molecule has 166 valence electrons. The lowest BCUT2D eigenvalue weighted by molar-refractivity contribution is -0.138. The maximum Gasteiger partial charge on any atom is 0.246 e. The Morgan fingerprint density at radius 3 is 2.67 bits per heavy atom. The number of nitrogens with one attached hydrogen (secondary N) is 3. The highest BCUT2D eigenvalue weighted by Crippen LogP contribution is 2.21. The predicted octanol–water partition coefficient (Wildman–Crippen LogP) is 0.627. The summed E-state index contributed by atoms with van der Waals surface area (Å²) in [5.74, 6) is 0.0605. The molecule has 1 saturated heterocycles. The molecular weight excluding hydrogens is 402 g/mol. The van der Waals surface area contributed by atoms with E-state index in [9.17, 15) is 14.4 Å². The van der Waals surface area contributed by atoms with Gasteiger partial charge in [-0.15, -0.1) is 11.8 Å². The van der Waals surface area contributed by atoms with Gasteiger partial charge in [0.25, 0.3) is 0 Å². The molecule has 0 aliphatic carbocycles. The molecule has 8 nitrogen and oxygen atoms in total. The lowest BCUT2D eigenvalue weighted by Gasteiger charge is -2.34. The van der Waals surface area contributed by atoms with Gasteiger partial charge in [-0.1, -0.05) is 29.9 Å². The number of nitrogens with zero attached hydrogens (tertiary/aromatic N) is 1. The smallest absolute Gasteiger partial charge is 0.246 e. The minimum absolute atomic E-state index is 0.0792. The topological polar surface area (TPSA) is 117 Å². The first kappa shape index (κ1) is 24.2. The van der Waals surface area contributed by atoms with Gasteiger partial charge in [0.1, 0.15) is 6.04 Å². The Labute approximate surface area is 182 Å². The summed E-state index contributed by atoms with van der Waals surface area (Å²) in [5.41, 5.74) is 6.43. The number of carbonyl (C=O) groups excluding carboxylic acids is 3. The average Bonchev–Trinajstić information content (AvgIpc) is 2.85. The van der Waals surface area contributed by atoms with Crippen molar-refractivity contribution in [2.75, 3.05) is 32.6 Å². The summed E-state index contributed by atoms with van der Waals surface area (Å²) in [6, 6.07) is -0.750. The van der Waals surface area contributed by atoms with Crippen LogP contribution in [0.15, 0.2) is 35.3 Å². The first-order chi connectivity index (χ1) is 14.3. The average molecular weight is 436 g/mol. The van der Waals surface area contributed by atoms with E-state index >= 15 is 0 Å². The van der Waals surface area contributed by atoms with Crippen molar-refractivity contribution < 1.29 is 14.4 Å². The van der Waals surface area contributed by atoms with Gasteiger partial charge in [0, 0.05) is 19.7 Å². The Morgan fingerprint density at radius 2 is 1.97 bits per heavy atom. The number of carbonyl (C=O) groups is 3. The number of amides is 3. The minimum atomic E-state index is -0.981. The zero-order valence-electron chi connectivity index (χ0n) is 17.8. The van der Waals surface area contributed by atoms with Crippen LogP contribution < -0.4 is 21.7 Å². The van der Waals surface area contributed by atoms with E-state index < -0.39 is 11.6 Å². The van der Waals surface area contributed by atoms with Crippen LogP contribution in [0.1, 0.15) is 32.6 Å². The van der Waals surface area contributed by atoms with Gasteiger partial charge in [0.2, 0.25) is 17.7 Å². The normalized spacial score (nSPS) is 23.4. The molecule has 0 aromatic rings. The number of likely N-dealkylation sites (N-methyl/N-ethyl adjacent to an activating group) is 1. The molecule has 30 heavy (non-hydrogen) atoms. The first-order valence-corrected chi connectivity index (χ1v) is 11.3. The summed E-state index contributed by atoms with van der Waals surface area (Å²) in [6.45, 7) is 2.82. The van der Waals surface area contributed by atoms with Crippen molar-refractivity contribution in [3.05, 3.63) is 35.3 Å². The number of hydrogen-bond acceptors (Lipinski definition) is 6. The molecule has 2 heterocycles. The summed E-state index contributed by atoms with van der Waals surface area (Å²) in [7, 11) is 1.61.